The number of hydrogen-bond donors (Lipinski definition) is 0. The number of anilines is 1. The van der Waals surface area contributed by atoms with E-state index in [2.05, 4.69) is 31.7 Å². The lowest BCUT2D eigenvalue weighted by Crippen LogP contribution is -2.38. The van der Waals surface area contributed by atoms with Gasteiger partial charge in [-0.1, -0.05) is 42.9 Å². The van der Waals surface area contributed by atoms with Gasteiger partial charge in [-0.2, -0.15) is 0 Å². The molecule has 0 saturated carbocycles. The number of aromatic nitrogens is 1. The molecule has 0 radical (unpaired) electrons. The summed E-state index contributed by atoms with van der Waals surface area (Å²) in [5.41, 5.74) is 2.74. The van der Waals surface area contributed by atoms with Crippen LogP contribution in [0.4, 0.5) is 5.13 Å². The number of benzene rings is 2. The van der Waals surface area contributed by atoms with E-state index in [1.165, 1.54) is 5.56 Å². The van der Waals surface area contributed by atoms with Crippen LogP contribution in [0.1, 0.15) is 29.8 Å². The molecule has 1 amide bonds. The zero-order valence-corrected chi connectivity index (χ0v) is 18.7. The molecule has 3 rings (SSSR count). The highest BCUT2D eigenvalue weighted by Crippen LogP contribution is 2.30. The van der Waals surface area contributed by atoms with Crippen LogP contribution >= 0.6 is 35.3 Å². The number of fused-ring (bicyclic) bond motifs is 1. The number of carbonyl (C=O) groups excluding carboxylic acids is 1. The van der Waals surface area contributed by atoms with E-state index in [1.54, 1.807) is 40.5 Å². The lowest BCUT2D eigenvalue weighted by atomic mass is 10.2. The van der Waals surface area contributed by atoms with Crippen LogP contribution in [0.3, 0.4) is 0 Å². The Balaban J connectivity index is 0.00000280. The molecule has 0 aliphatic heterocycles. The highest BCUT2D eigenvalue weighted by atomic mass is 35.5. The molecule has 7 heteroatoms. The van der Waals surface area contributed by atoms with E-state index >= 15 is 0 Å². The summed E-state index contributed by atoms with van der Waals surface area (Å²) >= 11 is 7.54. The summed E-state index contributed by atoms with van der Waals surface area (Å²) in [5, 5.41) is 1.36. The highest BCUT2D eigenvalue weighted by molar-refractivity contribution is 7.22. The third-order valence-corrected chi connectivity index (χ3v) is 5.93. The SMILES string of the molecule is CCN(CC)CCN(C(=O)c1ccc(Cl)cc1)c1nc2ccc(C)cc2s1.Cl. The molecule has 0 aliphatic rings. The second kappa shape index (κ2) is 10.2. The van der Waals surface area contributed by atoms with Crippen molar-refractivity contribution in [3.8, 4) is 0 Å². The maximum absolute atomic E-state index is 13.2. The van der Waals surface area contributed by atoms with Crippen LogP contribution in [0.2, 0.25) is 5.02 Å². The molecule has 0 N–H and O–H groups in total. The number of rotatable bonds is 7. The van der Waals surface area contributed by atoms with Crippen molar-refractivity contribution in [2.75, 3.05) is 31.1 Å². The first-order valence-electron chi connectivity index (χ1n) is 9.18. The van der Waals surface area contributed by atoms with Crippen LogP contribution in [0.5, 0.6) is 0 Å². The average molecular weight is 438 g/mol. The molecular formula is C21H25Cl2N3OS. The lowest BCUT2D eigenvalue weighted by molar-refractivity contribution is 0.0984. The number of hydrogen-bond acceptors (Lipinski definition) is 4. The predicted octanol–water partition coefficient (Wildman–Crippen LogP) is 5.67. The number of nitrogens with zero attached hydrogens (tertiary/aromatic N) is 3. The summed E-state index contributed by atoms with van der Waals surface area (Å²) in [7, 11) is 0. The molecule has 0 unspecified atom stereocenters. The molecule has 2 aromatic carbocycles. The molecule has 3 aromatic rings. The van der Waals surface area contributed by atoms with Crippen molar-refractivity contribution < 1.29 is 4.79 Å². The van der Waals surface area contributed by atoms with E-state index in [4.69, 9.17) is 16.6 Å². The molecule has 0 atom stereocenters. The molecule has 1 aromatic heterocycles. The lowest BCUT2D eigenvalue weighted by Gasteiger charge is -2.24. The number of likely N-dealkylation sites (N-methyl/N-ethyl adjacent to an activating group) is 1. The molecule has 1 heterocycles. The number of thiazole rings is 1. The Hall–Kier alpha value is -1.66. The summed E-state index contributed by atoms with van der Waals surface area (Å²) in [4.78, 5) is 22.0. The number of aryl methyl sites for hydroxylation is 1. The number of carbonyl (C=O) groups is 1. The second-order valence-corrected chi connectivity index (χ2v) is 7.90. The molecular weight excluding hydrogens is 413 g/mol. The van der Waals surface area contributed by atoms with E-state index in [0.29, 0.717) is 17.1 Å². The average Bonchev–Trinajstić information content (AvgIpc) is 3.08. The third kappa shape index (κ3) is 5.23. The Kier molecular flexibility index (Phi) is 8.25. The standard InChI is InChI=1S/C21H24ClN3OS.ClH/c1-4-24(5-2)12-13-25(20(26)16-7-9-17(22)10-8-16)21-23-18-11-6-15(3)14-19(18)27-21;/h6-11,14H,4-5,12-13H2,1-3H3;1H. The quantitative estimate of drug-likeness (QED) is 0.477. The molecule has 0 bridgehead atoms. The van der Waals surface area contributed by atoms with Gasteiger partial charge < -0.3 is 4.90 Å². The fourth-order valence-electron chi connectivity index (χ4n) is 2.95. The number of amides is 1. The predicted molar refractivity (Wildman–Crippen MR) is 123 cm³/mol. The summed E-state index contributed by atoms with van der Waals surface area (Å²) in [6.07, 6.45) is 0. The van der Waals surface area contributed by atoms with Crippen LogP contribution in [-0.4, -0.2) is 42.0 Å². The molecule has 0 saturated heterocycles. The van der Waals surface area contributed by atoms with Crippen LogP contribution in [0.15, 0.2) is 42.5 Å². The Morgan fingerprint density at radius 1 is 1.07 bits per heavy atom. The topological polar surface area (TPSA) is 36.4 Å². The summed E-state index contributed by atoms with van der Waals surface area (Å²) in [5.74, 6) is -0.0467. The van der Waals surface area contributed by atoms with Crippen molar-refractivity contribution in [3.63, 3.8) is 0 Å². The first-order valence-corrected chi connectivity index (χ1v) is 10.4. The largest absolute Gasteiger partial charge is 0.302 e. The van der Waals surface area contributed by atoms with Gasteiger partial charge in [0.2, 0.25) is 0 Å². The smallest absolute Gasteiger partial charge is 0.260 e. The Labute approximate surface area is 181 Å². The van der Waals surface area contributed by atoms with Gasteiger partial charge in [0.1, 0.15) is 0 Å². The van der Waals surface area contributed by atoms with Gasteiger partial charge >= 0.3 is 0 Å². The van der Waals surface area contributed by atoms with E-state index in [1.807, 2.05) is 12.1 Å². The van der Waals surface area contributed by atoms with Crippen LogP contribution in [0.25, 0.3) is 10.2 Å². The van der Waals surface area contributed by atoms with Crippen molar-refractivity contribution in [1.82, 2.24) is 9.88 Å². The zero-order valence-electron chi connectivity index (χ0n) is 16.3. The van der Waals surface area contributed by atoms with Gasteiger partial charge in [-0.15, -0.1) is 12.4 Å². The van der Waals surface area contributed by atoms with Gasteiger partial charge in [0.25, 0.3) is 5.91 Å². The van der Waals surface area contributed by atoms with Crippen molar-refractivity contribution in [2.24, 2.45) is 0 Å². The third-order valence-electron chi connectivity index (χ3n) is 4.63. The Morgan fingerprint density at radius 3 is 2.39 bits per heavy atom. The fraction of sp³-hybridized carbons (Fsp3) is 0.333. The van der Waals surface area contributed by atoms with E-state index in [-0.39, 0.29) is 18.3 Å². The fourth-order valence-corrected chi connectivity index (χ4v) is 4.16. The normalized spacial score (nSPS) is 10.9. The summed E-state index contributed by atoms with van der Waals surface area (Å²) in [6, 6.07) is 13.2. The van der Waals surface area contributed by atoms with Gasteiger partial charge in [0.15, 0.2) is 5.13 Å². The highest BCUT2D eigenvalue weighted by Gasteiger charge is 2.22. The minimum atomic E-state index is -0.0467. The van der Waals surface area contributed by atoms with Crippen molar-refractivity contribution >= 4 is 56.6 Å². The zero-order chi connectivity index (χ0) is 19.4. The number of halogens is 2. The molecule has 28 heavy (non-hydrogen) atoms. The molecule has 0 spiro atoms. The Morgan fingerprint density at radius 2 is 1.75 bits per heavy atom. The first kappa shape index (κ1) is 22.6. The van der Waals surface area contributed by atoms with Gasteiger partial charge in [-0.05, 0) is 62.0 Å². The summed E-state index contributed by atoms with van der Waals surface area (Å²) < 4.78 is 1.10. The maximum atomic E-state index is 13.2. The molecule has 0 aliphatic carbocycles. The van der Waals surface area contributed by atoms with Crippen LogP contribution < -0.4 is 4.90 Å². The van der Waals surface area contributed by atoms with Gasteiger partial charge in [0, 0.05) is 23.7 Å². The van der Waals surface area contributed by atoms with Gasteiger partial charge in [0.05, 0.1) is 10.2 Å². The minimum Gasteiger partial charge on any atom is -0.302 e. The van der Waals surface area contributed by atoms with Crippen molar-refractivity contribution in [2.45, 2.75) is 20.8 Å². The van der Waals surface area contributed by atoms with Crippen molar-refractivity contribution in [3.05, 3.63) is 58.6 Å². The monoisotopic (exact) mass is 437 g/mol. The minimum absolute atomic E-state index is 0. The van der Waals surface area contributed by atoms with Crippen LogP contribution in [0, 0.1) is 6.92 Å². The van der Waals surface area contributed by atoms with Gasteiger partial charge in [-0.3, -0.25) is 9.69 Å². The van der Waals surface area contributed by atoms with E-state index < -0.39 is 0 Å². The van der Waals surface area contributed by atoms with Crippen LogP contribution in [-0.2, 0) is 0 Å². The second-order valence-electron chi connectivity index (χ2n) is 6.46. The molecule has 0 fully saturated rings. The van der Waals surface area contributed by atoms with E-state index in [9.17, 15) is 4.79 Å². The van der Waals surface area contributed by atoms with Crippen molar-refractivity contribution in [1.29, 1.82) is 0 Å². The van der Waals surface area contributed by atoms with E-state index in [0.717, 1.165) is 35.0 Å². The molecule has 150 valence electrons. The summed E-state index contributed by atoms with van der Waals surface area (Å²) in [6.45, 7) is 9.65. The van der Waals surface area contributed by atoms with Gasteiger partial charge in [-0.25, -0.2) is 4.98 Å². The maximum Gasteiger partial charge on any atom is 0.260 e. The Bertz CT molecular complexity index is 923. The first-order chi connectivity index (χ1) is 13.0. The molecule has 4 nitrogen and oxygen atoms in total.